The van der Waals surface area contributed by atoms with E-state index >= 15 is 0 Å². The lowest BCUT2D eigenvalue weighted by Gasteiger charge is -2.23. The Morgan fingerprint density at radius 2 is 2.03 bits per heavy atom. The topological polar surface area (TPSA) is 240 Å². The number of carboxylic acids is 1. The number of nitrogens with one attached hydrogen (secondary N) is 1. The Bertz CT molecular complexity index is 1090. The van der Waals surface area contributed by atoms with Crippen LogP contribution in [0.2, 0.25) is 0 Å². The number of nitrogen functional groups attached to an aromatic ring is 1. The minimum Gasteiger partial charge on any atom is -0.479 e. The zero-order valence-corrected chi connectivity index (χ0v) is 16.3. The summed E-state index contributed by atoms with van der Waals surface area (Å²) in [7, 11) is -10.8. The molecule has 1 aliphatic rings. The summed E-state index contributed by atoms with van der Waals surface area (Å²) in [5.74, 6) is -4.52. The van der Waals surface area contributed by atoms with Gasteiger partial charge in [0.05, 0.1) is 12.4 Å². The zero-order valence-electron chi connectivity index (χ0n) is 14.5. The summed E-state index contributed by atoms with van der Waals surface area (Å²) in [6.45, 7) is 0. The molecular weight excluding hydrogens is 436 g/mol. The number of imidazole rings is 1. The molecule has 0 aliphatic heterocycles. The predicted molar refractivity (Wildman–Crippen MR) is 94.7 cm³/mol. The first-order valence-corrected chi connectivity index (χ1v) is 11.2. The largest absolute Gasteiger partial charge is 0.479 e. The summed E-state index contributed by atoms with van der Waals surface area (Å²) in [4.78, 5) is 60.6. The number of fused-ring (bicyclic) bond motifs is 1. The van der Waals surface area contributed by atoms with Gasteiger partial charge in [-0.05, 0) is 19.3 Å². The number of aliphatic carboxylic acids is 1. The molecule has 2 unspecified atom stereocenters. The molecule has 1 saturated carbocycles. The lowest BCUT2D eigenvalue weighted by molar-refractivity contribution is -0.148. The fourth-order valence-electron chi connectivity index (χ4n) is 3.16. The van der Waals surface area contributed by atoms with Crippen molar-refractivity contribution in [2.75, 3.05) is 5.73 Å². The van der Waals surface area contributed by atoms with Crippen LogP contribution >= 0.6 is 15.4 Å². The number of hydrogen-bond donors (Lipinski definition) is 6. The number of aromatic amines is 1. The molecule has 0 amide bonds. The molecule has 0 bridgehead atoms. The molecule has 17 heteroatoms. The van der Waals surface area contributed by atoms with Crippen molar-refractivity contribution >= 4 is 38.5 Å². The number of rotatable bonds is 7. The van der Waals surface area contributed by atoms with E-state index in [-0.39, 0.29) is 36.0 Å². The van der Waals surface area contributed by atoms with Crippen molar-refractivity contribution in [2.45, 2.75) is 37.3 Å². The third kappa shape index (κ3) is 4.73. The number of phosphoric acid groups is 1. The van der Waals surface area contributed by atoms with E-state index in [9.17, 15) is 23.6 Å². The van der Waals surface area contributed by atoms with Crippen LogP contribution in [0.15, 0.2) is 11.1 Å². The maximum absolute atomic E-state index is 12.0. The summed E-state index contributed by atoms with van der Waals surface area (Å²) in [5.41, 5.74) is 5.28. The number of nitrogens with zero attached hydrogens (tertiary/aromatic N) is 3. The molecular formula is C12H17N5O10P2. The van der Waals surface area contributed by atoms with Crippen LogP contribution in [0.4, 0.5) is 5.95 Å². The molecule has 0 radical (unpaired) electrons. The molecule has 29 heavy (non-hydrogen) atoms. The molecule has 1 fully saturated rings. The quantitative estimate of drug-likeness (QED) is 0.291. The molecule has 15 nitrogen and oxygen atoms in total. The summed E-state index contributed by atoms with van der Waals surface area (Å²) in [6.07, 6.45) is 1.34. The van der Waals surface area contributed by atoms with Gasteiger partial charge in [0, 0.05) is 6.04 Å². The fraction of sp³-hybridized carbons (Fsp3) is 0.500. The molecule has 2 aromatic rings. The lowest BCUT2D eigenvalue weighted by atomic mass is 10.2. The molecule has 1 aliphatic carbocycles. The van der Waals surface area contributed by atoms with Crippen molar-refractivity contribution in [3.63, 3.8) is 0 Å². The lowest BCUT2D eigenvalue weighted by Crippen LogP contribution is -2.29. The van der Waals surface area contributed by atoms with Crippen LogP contribution < -0.4 is 11.3 Å². The van der Waals surface area contributed by atoms with Crippen LogP contribution in [-0.4, -0.2) is 57.2 Å². The van der Waals surface area contributed by atoms with E-state index in [1.807, 2.05) is 0 Å². The highest BCUT2D eigenvalue weighted by atomic mass is 31.3. The second kappa shape index (κ2) is 7.61. The predicted octanol–water partition coefficient (Wildman–Crippen LogP) is -0.483. The second-order valence-electron chi connectivity index (χ2n) is 6.33. The van der Waals surface area contributed by atoms with Gasteiger partial charge in [0.2, 0.25) is 5.95 Å². The van der Waals surface area contributed by atoms with Gasteiger partial charge in [-0.15, -0.1) is 0 Å². The summed E-state index contributed by atoms with van der Waals surface area (Å²) in [5, 5.41) is 9.15. The standard InChI is InChI=1S/C12H17N5O10P2/c13-12-15-8-7(9(18)16-12)14-4-17(8)5-1-2-6(3-5)26-11(10(19)20)28(21,22)27-29(23,24)25/h4-6,11H,1-3H2,(H,19,20)(H,21,22)(H2,23,24,25)(H3,13,15,16,18)/t5-,6+,11?/m0/s1. The molecule has 7 N–H and O–H groups in total. The number of nitrogens with two attached hydrogens (primary N) is 1. The van der Waals surface area contributed by atoms with Crippen LogP contribution in [-0.2, 0) is 23.0 Å². The first-order chi connectivity index (χ1) is 13.4. The minimum atomic E-state index is -5.44. The van der Waals surface area contributed by atoms with Gasteiger partial charge in [0.25, 0.3) is 11.4 Å². The fourth-order valence-corrected chi connectivity index (χ4v) is 5.32. The van der Waals surface area contributed by atoms with Gasteiger partial charge in [0.15, 0.2) is 11.2 Å². The van der Waals surface area contributed by atoms with Crippen LogP contribution in [0.3, 0.4) is 0 Å². The van der Waals surface area contributed by atoms with Gasteiger partial charge in [-0.3, -0.25) is 14.3 Å². The number of anilines is 1. The Balaban J connectivity index is 1.78. The minimum absolute atomic E-state index is 0.0573. The van der Waals surface area contributed by atoms with Gasteiger partial charge >= 0.3 is 21.4 Å². The van der Waals surface area contributed by atoms with Crippen molar-refractivity contribution in [3.05, 3.63) is 16.7 Å². The first kappa shape index (κ1) is 21.6. The van der Waals surface area contributed by atoms with Gasteiger partial charge < -0.3 is 34.8 Å². The summed E-state index contributed by atoms with van der Waals surface area (Å²) in [6, 6.07) is -0.339. The monoisotopic (exact) mass is 453 g/mol. The van der Waals surface area contributed by atoms with E-state index in [0.717, 1.165) is 0 Å². The number of ether oxygens (including phenoxy) is 1. The second-order valence-corrected chi connectivity index (χ2v) is 9.56. The normalized spacial score (nSPS) is 23.1. The van der Waals surface area contributed by atoms with Crippen molar-refractivity contribution in [2.24, 2.45) is 0 Å². The van der Waals surface area contributed by atoms with Gasteiger partial charge in [-0.1, -0.05) is 0 Å². The van der Waals surface area contributed by atoms with E-state index in [4.69, 9.17) is 25.4 Å². The number of aromatic nitrogens is 4. The number of carboxylic acid groups (broad SMARTS) is 1. The van der Waals surface area contributed by atoms with Crippen LogP contribution in [0, 0.1) is 0 Å². The summed E-state index contributed by atoms with van der Waals surface area (Å²) >= 11 is 0. The smallest absolute Gasteiger partial charge is 0.476 e. The van der Waals surface area contributed by atoms with E-state index in [2.05, 4.69) is 19.3 Å². The molecule has 2 heterocycles. The molecule has 2 aromatic heterocycles. The van der Waals surface area contributed by atoms with E-state index in [1.54, 1.807) is 4.57 Å². The highest BCUT2D eigenvalue weighted by molar-refractivity contribution is 7.64. The van der Waals surface area contributed by atoms with E-state index < -0.39 is 38.9 Å². The molecule has 0 spiro atoms. The average molecular weight is 453 g/mol. The van der Waals surface area contributed by atoms with Gasteiger partial charge in [0.1, 0.15) is 0 Å². The maximum Gasteiger partial charge on any atom is 0.476 e. The third-order valence-corrected chi connectivity index (χ3v) is 6.98. The zero-order chi connectivity index (χ0) is 21.6. The van der Waals surface area contributed by atoms with Crippen molar-refractivity contribution in [1.82, 2.24) is 19.5 Å². The molecule has 3 rings (SSSR count). The average Bonchev–Trinajstić information content (AvgIpc) is 3.16. The Labute approximate surface area is 161 Å². The Morgan fingerprint density at radius 3 is 2.66 bits per heavy atom. The number of hydrogen-bond acceptors (Lipinski definition) is 9. The maximum atomic E-state index is 12.0. The molecule has 4 atom stereocenters. The van der Waals surface area contributed by atoms with Gasteiger partial charge in [-0.25, -0.2) is 18.7 Å². The van der Waals surface area contributed by atoms with E-state index in [1.165, 1.54) is 6.33 Å². The van der Waals surface area contributed by atoms with Crippen LogP contribution in [0.25, 0.3) is 11.2 Å². The highest BCUT2D eigenvalue weighted by Gasteiger charge is 2.47. The van der Waals surface area contributed by atoms with Crippen molar-refractivity contribution in [1.29, 1.82) is 0 Å². The Morgan fingerprint density at radius 1 is 1.34 bits per heavy atom. The van der Waals surface area contributed by atoms with E-state index in [0.29, 0.717) is 6.42 Å². The van der Waals surface area contributed by atoms with Crippen molar-refractivity contribution in [3.8, 4) is 0 Å². The first-order valence-electron chi connectivity index (χ1n) is 8.07. The molecule has 0 aromatic carbocycles. The Hall–Kier alpha value is -2.12. The number of carbonyl (C=O) groups is 1. The molecule has 0 saturated heterocycles. The Kier molecular flexibility index (Phi) is 5.66. The van der Waals surface area contributed by atoms with Crippen LogP contribution in [0.1, 0.15) is 25.3 Å². The molecule has 160 valence electrons. The van der Waals surface area contributed by atoms with Crippen molar-refractivity contribution < 1.29 is 42.8 Å². The van der Waals surface area contributed by atoms with Crippen LogP contribution in [0.5, 0.6) is 0 Å². The third-order valence-electron chi connectivity index (χ3n) is 4.25. The van der Waals surface area contributed by atoms with Gasteiger partial charge in [-0.2, -0.15) is 4.98 Å². The SMILES string of the molecule is Nc1nc2c(ncn2[C@H]2CC[C@@H](OC(C(=O)O)P(=O)(O)OP(=O)(O)O)C2)c(=O)[nH]1. The highest BCUT2D eigenvalue weighted by Crippen LogP contribution is 2.60. The number of H-pyrrole nitrogens is 1. The summed E-state index contributed by atoms with van der Waals surface area (Å²) < 4.78 is 33.3.